The summed E-state index contributed by atoms with van der Waals surface area (Å²) in [4.78, 5) is 19.6. The van der Waals surface area contributed by atoms with Crippen molar-refractivity contribution in [3.05, 3.63) is 23.3 Å². The molecule has 2 rings (SSSR count). The van der Waals surface area contributed by atoms with Crippen LogP contribution >= 0.6 is 11.3 Å². The van der Waals surface area contributed by atoms with E-state index in [9.17, 15) is 4.79 Å². The van der Waals surface area contributed by atoms with Crippen molar-refractivity contribution in [2.75, 3.05) is 26.0 Å². The molecule has 2 aromatic rings. The van der Waals surface area contributed by atoms with Gasteiger partial charge in [0.2, 0.25) is 0 Å². The Kier molecular flexibility index (Phi) is 3.26. The molecule has 0 unspecified atom stereocenters. The summed E-state index contributed by atoms with van der Waals surface area (Å²) in [6, 6.07) is 4.12. The van der Waals surface area contributed by atoms with Crippen LogP contribution in [0.2, 0.25) is 0 Å². The normalized spacial score (nSPS) is 10.7. The van der Waals surface area contributed by atoms with E-state index in [2.05, 4.69) is 31.0 Å². The first-order valence-corrected chi connectivity index (χ1v) is 6.54. The number of aromatic nitrogens is 1. The van der Waals surface area contributed by atoms with Gasteiger partial charge in [-0.2, -0.15) is 0 Å². The number of thiazole rings is 1. The Bertz CT molecular complexity index is 604. The molecule has 5 heteroatoms. The molecule has 1 heterocycles. The van der Waals surface area contributed by atoms with Crippen molar-refractivity contribution in [3.8, 4) is 0 Å². The lowest BCUT2D eigenvalue weighted by molar-refractivity contribution is 0.225. The number of rotatable bonds is 1. The number of hydrogen-bond acceptors (Lipinski definition) is 3. The molecular formula is C13H17N3OS. The maximum absolute atomic E-state index is 11.9. The van der Waals surface area contributed by atoms with Crippen LogP contribution in [0.1, 0.15) is 11.1 Å². The van der Waals surface area contributed by atoms with Crippen LogP contribution in [0.15, 0.2) is 12.1 Å². The third kappa shape index (κ3) is 2.18. The van der Waals surface area contributed by atoms with Crippen LogP contribution in [0.5, 0.6) is 0 Å². The van der Waals surface area contributed by atoms with Gasteiger partial charge in [-0.1, -0.05) is 17.4 Å². The fraction of sp³-hybridized carbons (Fsp3) is 0.385. The van der Waals surface area contributed by atoms with Crippen molar-refractivity contribution in [2.45, 2.75) is 13.8 Å². The number of amides is 2. The third-order valence-corrected chi connectivity index (χ3v) is 4.05. The number of benzene rings is 1. The Hall–Kier alpha value is -1.62. The molecule has 0 spiro atoms. The van der Waals surface area contributed by atoms with Gasteiger partial charge in [-0.3, -0.25) is 4.90 Å². The lowest BCUT2D eigenvalue weighted by Gasteiger charge is -2.18. The van der Waals surface area contributed by atoms with E-state index >= 15 is 0 Å². The Morgan fingerprint density at radius 3 is 2.50 bits per heavy atom. The smallest absolute Gasteiger partial charge is 0.325 e. The summed E-state index contributed by atoms with van der Waals surface area (Å²) in [6.45, 7) is 4.13. The minimum absolute atomic E-state index is 0.0663. The number of carbonyl (C=O) groups is 1. The summed E-state index contributed by atoms with van der Waals surface area (Å²) in [5.41, 5.74) is 3.36. The highest BCUT2D eigenvalue weighted by atomic mass is 32.1. The minimum Gasteiger partial charge on any atom is -0.330 e. The van der Waals surface area contributed by atoms with Crippen molar-refractivity contribution in [3.63, 3.8) is 0 Å². The molecule has 96 valence electrons. The van der Waals surface area contributed by atoms with Gasteiger partial charge < -0.3 is 4.90 Å². The second-order valence-electron chi connectivity index (χ2n) is 4.66. The second kappa shape index (κ2) is 4.57. The number of hydrogen-bond donors (Lipinski definition) is 0. The molecule has 0 bridgehead atoms. The maximum Gasteiger partial charge on any atom is 0.325 e. The largest absolute Gasteiger partial charge is 0.330 e. The quantitative estimate of drug-likeness (QED) is 0.793. The average Bonchev–Trinajstić information content (AvgIpc) is 2.70. The van der Waals surface area contributed by atoms with Crippen molar-refractivity contribution >= 4 is 32.7 Å². The zero-order valence-corrected chi connectivity index (χ0v) is 12.1. The van der Waals surface area contributed by atoms with Gasteiger partial charge in [0, 0.05) is 21.1 Å². The first-order chi connectivity index (χ1) is 8.40. The molecule has 0 aliphatic rings. The SMILES string of the molecule is Cc1cc(C)c2sc(N(C)C(=O)N(C)C)nc2c1. The van der Waals surface area contributed by atoms with Crippen LogP contribution in [0.25, 0.3) is 10.2 Å². The summed E-state index contributed by atoms with van der Waals surface area (Å²) in [5, 5.41) is 0.734. The van der Waals surface area contributed by atoms with Crippen LogP contribution < -0.4 is 4.90 Å². The zero-order chi connectivity index (χ0) is 13.4. The van der Waals surface area contributed by atoms with E-state index in [-0.39, 0.29) is 6.03 Å². The molecule has 0 aliphatic heterocycles. The van der Waals surface area contributed by atoms with Gasteiger partial charge in [0.1, 0.15) is 0 Å². The van der Waals surface area contributed by atoms with Gasteiger partial charge in [-0.25, -0.2) is 9.78 Å². The zero-order valence-electron chi connectivity index (χ0n) is 11.3. The molecule has 0 radical (unpaired) electrons. The van der Waals surface area contributed by atoms with E-state index in [1.165, 1.54) is 11.1 Å². The second-order valence-corrected chi connectivity index (χ2v) is 5.64. The highest BCUT2D eigenvalue weighted by Crippen LogP contribution is 2.31. The minimum atomic E-state index is -0.0663. The first kappa shape index (κ1) is 12.8. The van der Waals surface area contributed by atoms with Crippen LogP contribution in [-0.2, 0) is 0 Å². The van der Waals surface area contributed by atoms with Crippen molar-refractivity contribution in [1.82, 2.24) is 9.88 Å². The molecule has 2 amide bonds. The van der Waals surface area contributed by atoms with Gasteiger partial charge in [0.25, 0.3) is 0 Å². The molecule has 18 heavy (non-hydrogen) atoms. The van der Waals surface area contributed by atoms with E-state index in [1.54, 1.807) is 42.3 Å². The van der Waals surface area contributed by atoms with Crippen LogP contribution in [0, 0.1) is 13.8 Å². The number of aryl methyl sites for hydroxylation is 2. The molecule has 0 aliphatic carbocycles. The van der Waals surface area contributed by atoms with Gasteiger partial charge in [-0.15, -0.1) is 0 Å². The summed E-state index contributed by atoms with van der Waals surface area (Å²) in [5.74, 6) is 0. The molecule has 0 fully saturated rings. The number of anilines is 1. The van der Waals surface area contributed by atoms with Gasteiger partial charge in [-0.05, 0) is 31.0 Å². The fourth-order valence-electron chi connectivity index (χ4n) is 1.89. The monoisotopic (exact) mass is 263 g/mol. The number of urea groups is 1. The summed E-state index contributed by atoms with van der Waals surface area (Å²) in [6.07, 6.45) is 0. The van der Waals surface area contributed by atoms with Gasteiger partial charge in [0.05, 0.1) is 10.2 Å². The summed E-state index contributed by atoms with van der Waals surface area (Å²) < 4.78 is 1.15. The first-order valence-electron chi connectivity index (χ1n) is 5.73. The topological polar surface area (TPSA) is 36.4 Å². The predicted molar refractivity (Wildman–Crippen MR) is 76.6 cm³/mol. The molecular weight excluding hydrogens is 246 g/mol. The standard InChI is InChI=1S/C13H17N3OS/c1-8-6-9(2)11-10(7-8)14-12(18-11)16(5)13(17)15(3)4/h6-7H,1-5H3. The van der Waals surface area contributed by atoms with Crippen LogP contribution in [-0.4, -0.2) is 37.1 Å². The molecule has 0 saturated heterocycles. The number of carbonyl (C=O) groups excluding carboxylic acids is 1. The van der Waals surface area contributed by atoms with E-state index in [0.717, 1.165) is 15.3 Å². The lowest BCUT2D eigenvalue weighted by atomic mass is 10.1. The number of nitrogens with zero attached hydrogens (tertiary/aromatic N) is 3. The average molecular weight is 263 g/mol. The fourth-order valence-corrected chi connectivity index (χ4v) is 2.86. The summed E-state index contributed by atoms with van der Waals surface area (Å²) in [7, 11) is 5.23. The Labute approximate surface area is 111 Å². The molecule has 0 atom stereocenters. The van der Waals surface area contributed by atoms with E-state index in [1.807, 2.05) is 0 Å². The Morgan fingerprint density at radius 2 is 1.89 bits per heavy atom. The van der Waals surface area contributed by atoms with Crippen molar-refractivity contribution in [1.29, 1.82) is 0 Å². The van der Waals surface area contributed by atoms with E-state index < -0.39 is 0 Å². The molecule has 0 saturated carbocycles. The third-order valence-electron chi connectivity index (χ3n) is 2.77. The predicted octanol–water partition coefficient (Wildman–Crippen LogP) is 3.03. The number of fused-ring (bicyclic) bond motifs is 1. The van der Waals surface area contributed by atoms with Gasteiger partial charge >= 0.3 is 6.03 Å². The molecule has 1 aromatic heterocycles. The molecule has 0 N–H and O–H groups in total. The highest BCUT2D eigenvalue weighted by Gasteiger charge is 2.17. The van der Waals surface area contributed by atoms with Crippen molar-refractivity contribution in [2.24, 2.45) is 0 Å². The Morgan fingerprint density at radius 1 is 1.22 bits per heavy atom. The van der Waals surface area contributed by atoms with Crippen molar-refractivity contribution < 1.29 is 4.79 Å². The molecule has 1 aromatic carbocycles. The van der Waals surface area contributed by atoms with Crippen LogP contribution in [0.3, 0.4) is 0 Å². The van der Waals surface area contributed by atoms with Gasteiger partial charge in [0.15, 0.2) is 5.13 Å². The van der Waals surface area contributed by atoms with E-state index in [4.69, 9.17) is 0 Å². The lowest BCUT2D eigenvalue weighted by Crippen LogP contribution is -2.36. The highest BCUT2D eigenvalue weighted by molar-refractivity contribution is 7.22. The summed E-state index contributed by atoms with van der Waals surface area (Å²) >= 11 is 1.55. The Balaban J connectivity index is 2.47. The van der Waals surface area contributed by atoms with E-state index in [0.29, 0.717) is 0 Å². The maximum atomic E-state index is 11.9. The van der Waals surface area contributed by atoms with Crippen LogP contribution in [0.4, 0.5) is 9.93 Å². The molecule has 4 nitrogen and oxygen atoms in total.